The van der Waals surface area contributed by atoms with Crippen molar-refractivity contribution in [2.45, 2.75) is 39.0 Å². The summed E-state index contributed by atoms with van der Waals surface area (Å²) in [5.41, 5.74) is 0. The summed E-state index contributed by atoms with van der Waals surface area (Å²) in [5, 5.41) is 11.4. The zero-order valence-electron chi connectivity index (χ0n) is 11.2. The van der Waals surface area contributed by atoms with E-state index in [4.69, 9.17) is 9.52 Å². The summed E-state index contributed by atoms with van der Waals surface area (Å²) in [6, 6.07) is 3.65. The van der Waals surface area contributed by atoms with Crippen LogP contribution in [0.3, 0.4) is 0 Å². The number of amides is 1. The van der Waals surface area contributed by atoms with Crippen LogP contribution >= 0.6 is 0 Å². The molecule has 1 aromatic rings. The van der Waals surface area contributed by atoms with E-state index < -0.39 is 5.97 Å². The van der Waals surface area contributed by atoms with Gasteiger partial charge in [0.05, 0.1) is 6.26 Å². The molecule has 0 bridgehead atoms. The Morgan fingerprint density at radius 2 is 2.16 bits per heavy atom. The molecule has 0 aliphatic carbocycles. The number of carbonyl (C=O) groups is 2. The largest absolute Gasteiger partial charge is 0.481 e. The van der Waals surface area contributed by atoms with Crippen LogP contribution < -0.4 is 5.32 Å². The first-order valence-electron chi connectivity index (χ1n) is 6.59. The molecule has 0 aromatic carbocycles. The summed E-state index contributed by atoms with van der Waals surface area (Å²) in [6.07, 6.45) is 4.26. The number of hydrogen-bond acceptors (Lipinski definition) is 3. The van der Waals surface area contributed by atoms with Crippen LogP contribution in [0, 0.1) is 5.92 Å². The second-order valence-corrected chi connectivity index (χ2v) is 4.76. The average Bonchev–Trinajstić information content (AvgIpc) is 2.87. The minimum absolute atomic E-state index is 0.00170. The lowest BCUT2D eigenvalue weighted by Crippen LogP contribution is -2.25. The van der Waals surface area contributed by atoms with Crippen molar-refractivity contribution in [1.82, 2.24) is 5.32 Å². The van der Waals surface area contributed by atoms with Crippen LogP contribution in [0.4, 0.5) is 0 Å². The molecule has 0 spiro atoms. The summed E-state index contributed by atoms with van der Waals surface area (Å²) in [4.78, 5) is 21.9. The van der Waals surface area contributed by atoms with Crippen LogP contribution in [-0.4, -0.2) is 23.5 Å². The fraction of sp³-hybridized carbons (Fsp3) is 0.571. The van der Waals surface area contributed by atoms with Gasteiger partial charge in [-0.3, -0.25) is 9.59 Å². The van der Waals surface area contributed by atoms with Crippen molar-refractivity contribution in [3.8, 4) is 0 Å². The Balaban J connectivity index is 2.05. The minimum Gasteiger partial charge on any atom is -0.481 e. The first-order chi connectivity index (χ1) is 9.08. The molecule has 0 saturated heterocycles. The molecule has 106 valence electrons. The fourth-order valence-corrected chi connectivity index (χ4v) is 1.75. The molecule has 0 fully saturated rings. The smallest absolute Gasteiger partial charge is 0.303 e. The van der Waals surface area contributed by atoms with E-state index in [2.05, 4.69) is 5.32 Å². The monoisotopic (exact) mass is 267 g/mol. The van der Waals surface area contributed by atoms with Crippen LogP contribution in [0.1, 0.15) is 38.4 Å². The molecule has 1 amide bonds. The lowest BCUT2D eigenvalue weighted by atomic mass is 10.0. The van der Waals surface area contributed by atoms with E-state index in [1.807, 2.05) is 13.0 Å². The summed E-state index contributed by atoms with van der Waals surface area (Å²) in [7, 11) is 0. The number of nitrogens with one attached hydrogen (secondary N) is 1. The van der Waals surface area contributed by atoms with Gasteiger partial charge in [0.2, 0.25) is 5.91 Å². The van der Waals surface area contributed by atoms with Gasteiger partial charge in [0.1, 0.15) is 5.76 Å². The first kappa shape index (κ1) is 15.3. The normalized spacial score (nSPS) is 12.1. The maximum Gasteiger partial charge on any atom is 0.303 e. The maximum absolute atomic E-state index is 11.5. The molecular weight excluding hydrogens is 246 g/mol. The van der Waals surface area contributed by atoms with Crippen molar-refractivity contribution in [1.29, 1.82) is 0 Å². The van der Waals surface area contributed by atoms with Crippen molar-refractivity contribution in [2.24, 2.45) is 5.92 Å². The SMILES string of the molecule is CC(CCNC(=O)CCc1ccco1)CCC(=O)O. The zero-order chi connectivity index (χ0) is 14.1. The summed E-state index contributed by atoms with van der Waals surface area (Å²) in [5.74, 6) is 0.350. The van der Waals surface area contributed by atoms with Gasteiger partial charge in [-0.15, -0.1) is 0 Å². The predicted molar refractivity (Wildman–Crippen MR) is 70.7 cm³/mol. The van der Waals surface area contributed by atoms with Crippen LogP contribution in [0.2, 0.25) is 0 Å². The Bertz CT molecular complexity index is 386. The van der Waals surface area contributed by atoms with Crippen molar-refractivity contribution in [2.75, 3.05) is 6.54 Å². The first-order valence-corrected chi connectivity index (χ1v) is 6.59. The number of carboxylic acid groups (broad SMARTS) is 1. The molecule has 1 heterocycles. The molecular formula is C14H21NO4. The Labute approximate surface area is 113 Å². The molecule has 1 unspecified atom stereocenters. The van der Waals surface area contributed by atoms with Gasteiger partial charge >= 0.3 is 5.97 Å². The second-order valence-electron chi connectivity index (χ2n) is 4.76. The van der Waals surface area contributed by atoms with Crippen molar-refractivity contribution in [3.63, 3.8) is 0 Å². The Morgan fingerprint density at radius 1 is 1.37 bits per heavy atom. The maximum atomic E-state index is 11.5. The molecule has 1 aromatic heterocycles. The van der Waals surface area contributed by atoms with Crippen molar-refractivity contribution < 1.29 is 19.1 Å². The molecule has 2 N–H and O–H groups in total. The van der Waals surface area contributed by atoms with Crippen LogP contribution in [-0.2, 0) is 16.0 Å². The highest BCUT2D eigenvalue weighted by atomic mass is 16.4. The van der Waals surface area contributed by atoms with E-state index in [0.29, 0.717) is 31.7 Å². The van der Waals surface area contributed by atoms with Crippen LogP contribution in [0.5, 0.6) is 0 Å². The van der Waals surface area contributed by atoms with E-state index in [-0.39, 0.29) is 12.3 Å². The van der Waals surface area contributed by atoms with Crippen molar-refractivity contribution in [3.05, 3.63) is 24.2 Å². The number of carbonyl (C=O) groups excluding carboxylic acids is 1. The van der Waals surface area contributed by atoms with Gasteiger partial charge in [-0.25, -0.2) is 0 Å². The van der Waals surface area contributed by atoms with Gasteiger partial charge in [0.15, 0.2) is 0 Å². The van der Waals surface area contributed by atoms with Gasteiger partial charge in [-0.05, 0) is 30.9 Å². The van der Waals surface area contributed by atoms with Crippen LogP contribution in [0.15, 0.2) is 22.8 Å². The second kappa shape index (κ2) is 8.34. The van der Waals surface area contributed by atoms with Gasteiger partial charge in [0, 0.05) is 25.8 Å². The number of aliphatic carboxylic acids is 1. The lowest BCUT2D eigenvalue weighted by molar-refractivity contribution is -0.137. The molecule has 0 radical (unpaired) electrons. The van der Waals surface area contributed by atoms with Gasteiger partial charge in [0.25, 0.3) is 0 Å². The molecule has 19 heavy (non-hydrogen) atoms. The van der Waals surface area contributed by atoms with Gasteiger partial charge < -0.3 is 14.8 Å². The number of rotatable bonds is 9. The number of carboxylic acids is 1. The highest BCUT2D eigenvalue weighted by molar-refractivity contribution is 5.76. The summed E-state index contributed by atoms with van der Waals surface area (Å²) >= 11 is 0. The fourth-order valence-electron chi connectivity index (χ4n) is 1.75. The molecule has 5 nitrogen and oxygen atoms in total. The molecule has 0 aliphatic rings. The predicted octanol–water partition coefficient (Wildman–Crippen LogP) is 2.22. The third-order valence-electron chi connectivity index (χ3n) is 2.99. The molecule has 1 rings (SSSR count). The standard InChI is InChI=1S/C14H21NO4/c1-11(4-7-14(17)18)8-9-15-13(16)6-5-12-3-2-10-19-12/h2-3,10-11H,4-9H2,1H3,(H,15,16)(H,17,18). The van der Waals surface area contributed by atoms with Gasteiger partial charge in [-0.2, -0.15) is 0 Å². The zero-order valence-corrected chi connectivity index (χ0v) is 11.2. The highest BCUT2D eigenvalue weighted by Crippen LogP contribution is 2.09. The van der Waals surface area contributed by atoms with E-state index in [0.717, 1.165) is 12.2 Å². The molecule has 1 atom stereocenters. The summed E-state index contributed by atoms with van der Waals surface area (Å²) in [6.45, 7) is 2.59. The Hall–Kier alpha value is -1.78. The summed E-state index contributed by atoms with van der Waals surface area (Å²) < 4.78 is 5.15. The highest BCUT2D eigenvalue weighted by Gasteiger charge is 2.07. The number of furan rings is 1. The average molecular weight is 267 g/mol. The van der Waals surface area contributed by atoms with E-state index in [1.54, 1.807) is 12.3 Å². The quantitative estimate of drug-likeness (QED) is 0.719. The number of aryl methyl sites for hydroxylation is 1. The Morgan fingerprint density at radius 3 is 2.79 bits per heavy atom. The molecule has 0 saturated carbocycles. The van der Waals surface area contributed by atoms with E-state index >= 15 is 0 Å². The van der Waals surface area contributed by atoms with E-state index in [9.17, 15) is 9.59 Å². The Kier molecular flexibility index (Phi) is 6.71. The molecule has 5 heteroatoms. The van der Waals surface area contributed by atoms with Crippen molar-refractivity contribution >= 4 is 11.9 Å². The molecule has 0 aliphatic heterocycles. The topological polar surface area (TPSA) is 79.5 Å². The van der Waals surface area contributed by atoms with Gasteiger partial charge in [-0.1, -0.05) is 6.92 Å². The third-order valence-corrected chi connectivity index (χ3v) is 2.99. The van der Waals surface area contributed by atoms with E-state index in [1.165, 1.54) is 0 Å². The third kappa shape index (κ3) is 7.28. The lowest BCUT2D eigenvalue weighted by Gasteiger charge is -2.10. The van der Waals surface area contributed by atoms with Crippen LogP contribution in [0.25, 0.3) is 0 Å². The minimum atomic E-state index is -0.769. The number of hydrogen-bond donors (Lipinski definition) is 2.